The van der Waals surface area contributed by atoms with Gasteiger partial charge in [0.25, 0.3) is 11.8 Å². The lowest BCUT2D eigenvalue weighted by molar-refractivity contribution is -0.138. The Morgan fingerprint density at radius 1 is 0.569 bits per heavy atom. The third kappa shape index (κ3) is 16.9. The quantitative estimate of drug-likeness (QED) is 0.0470. The molecule has 4 aromatic carbocycles. The maximum absolute atomic E-state index is 13.7. The van der Waals surface area contributed by atoms with Crippen LogP contribution in [0.25, 0.3) is 78.2 Å². The van der Waals surface area contributed by atoms with Gasteiger partial charge in [-0.1, -0.05) is 68.1 Å². The standard InChI is InChI=1S/C37H41N9O4.C21H25N5O3.C16H17ClN4O.CH4/c1-24(2)50-32-12-9-28(20-38-32)34-30-19-29(10-11-31(30)41-42-34)40-36(48)37(49-4)15-18-45(22-37)21-33(47)46-16-13-26(14-17-46)25-5-7-27(8-6-25)35-39-23-44(3)43-35;1-13(2)29-18-7-4-14(11-23-18)19-16-10-15(5-6-17(16)25-26-19)24-20(27)21(28-3)8-9-22-12-21;1-20-11-18-16(19-20)14-4-2-12(3-5-14)13-6-8-21(9-7-13)15(22)10-17;/h5-13,19-20,23-24H,14-18,21-22H2,1-4H3,(H,40,48)(H,41,42);4-7,10-11,13,22H,8-9,12H2,1-3H3,(H,24,27)(H,25,26);2-6,11H,7-10H2,1H3;1H4/t37-;21-;;/m00../s1. The van der Waals surface area contributed by atoms with Crippen molar-refractivity contribution >= 4 is 79.6 Å². The molecule has 2 saturated heterocycles. The van der Waals surface area contributed by atoms with E-state index in [0.717, 1.165) is 92.8 Å². The summed E-state index contributed by atoms with van der Waals surface area (Å²) in [7, 11) is 6.83. The van der Waals surface area contributed by atoms with Crippen LogP contribution < -0.4 is 25.4 Å². The number of rotatable bonds is 19. The third-order valence-electron chi connectivity index (χ3n) is 18.2. The molecule has 2 fully saturated rings. The average Bonchev–Trinajstić information content (AvgIpc) is 1.63. The van der Waals surface area contributed by atoms with Gasteiger partial charge in [0, 0.05) is 143 Å². The molecule has 0 spiro atoms. The van der Waals surface area contributed by atoms with E-state index in [1.54, 1.807) is 53.5 Å². The smallest absolute Gasteiger partial charge is 0.258 e. The molecule has 0 aliphatic carbocycles. The first-order chi connectivity index (χ1) is 48.9. The zero-order chi connectivity index (χ0) is 70.8. The number of aromatic amines is 2. The molecule has 0 unspecified atom stereocenters. The molecule has 5 N–H and O–H groups in total. The van der Waals surface area contributed by atoms with Crippen LogP contribution in [0.5, 0.6) is 11.8 Å². The van der Waals surface area contributed by atoms with Gasteiger partial charge in [0.1, 0.15) is 29.9 Å². The first-order valence-electron chi connectivity index (χ1n) is 33.7. The summed E-state index contributed by atoms with van der Waals surface area (Å²) in [6.07, 6.45) is 13.9. The van der Waals surface area contributed by atoms with E-state index in [4.69, 9.17) is 30.5 Å². The molecule has 6 aromatic heterocycles. The van der Waals surface area contributed by atoms with Crippen molar-refractivity contribution in [2.75, 3.05) is 89.6 Å². The zero-order valence-electron chi connectivity index (χ0n) is 57.9. The molecule has 4 aliphatic heterocycles. The van der Waals surface area contributed by atoms with Gasteiger partial charge in [0.05, 0.1) is 29.8 Å². The normalized spacial score (nSPS) is 17.5. The molecular formula is C75H87ClN18O8. The van der Waals surface area contributed by atoms with Crippen LogP contribution in [0, 0.1) is 0 Å². The number of benzene rings is 4. The number of carbonyl (C=O) groups excluding carboxylic acids is 4. The second kappa shape index (κ2) is 32.4. The van der Waals surface area contributed by atoms with Gasteiger partial charge >= 0.3 is 0 Å². The summed E-state index contributed by atoms with van der Waals surface area (Å²) in [5, 5.41) is 34.7. The van der Waals surface area contributed by atoms with E-state index < -0.39 is 11.2 Å². The summed E-state index contributed by atoms with van der Waals surface area (Å²) < 4.78 is 26.0. The highest BCUT2D eigenvalue weighted by Crippen LogP contribution is 2.35. The number of amides is 4. The number of alkyl halides is 1. The van der Waals surface area contributed by atoms with Gasteiger partial charge in [0.2, 0.25) is 23.6 Å². The largest absolute Gasteiger partial charge is 0.475 e. The Morgan fingerprint density at radius 2 is 1.03 bits per heavy atom. The Morgan fingerprint density at radius 3 is 1.42 bits per heavy atom. The molecule has 27 heteroatoms. The summed E-state index contributed by atoms with van der Waals surface area (Å²) in [5.74, 6) is 2.25. The Balaban J connectivity index is 0.000000169. The molecule has 14 rings (SSSR count). The minimum Gasteiger partial charge on any atom is -0.475 e. The van der Waals surface area contributed by atoms with Crippen LogP contribution in [0.4, 0.5) is 11.4 Å². The molecule has 26 nitrogen and oxygen atoms in total. The number of ether oxygens (including phenoxy) is 4. The molecule has 4 aliphatic rings. The van der Waals surface area contributed by atoms with Crippen molar-refractivity contribution in [1.82, 2.24) is 79.9 Å². The number of aromatic nitrogens is 12. The van der Waals surface area contributed by atoms with Gasteiger partial charge in [-0.05, 0) is 131 Å². The highest BCUT2D eigenvalue weighted by atomic mass is 35.5. The molecule has 10 heterocycles. The van der Waals surface area contributed by atoms with Crippen molar-refractivity contribution in [2.24, 2.45) is 14.1 Å². The maximum Gasteiger partial charge on any atom is 0.258 e. The third-order valence-corrected chi connectivity index (χ3v) is 18.5. The van der Waals surface area contributed by atoms with Crippen molar-refractivity contribution in [3.8, 4) is 57.1 Å². The molecule has 4 amide bonds. The Bertz CT molecular complexity index is 4620. The molecule has 102 heavy (non-hydrogen) atoms. The number of anilines is 2. The summed E-state index contributed by atoms with van der Waals surface area (Å²) in [4.78, 5) is 74.4. The average molecular weight is 1400 g/mol. The molecular weight excluding hydrogens is 1320 g/mol. The van der Waals surface area contributed by atoms with Gasteiger partial charge in [-0.3, -0.25) is 43.6 Å². The number of hydrogen-bond donors (Lipinski definition) is 5. The van der Waals surface area contributed by atoms with Crippen LogP contribution >= 0.6 is 11.6 Å². The monoisotopic (exact) mass is 1400 g/mol. The number of halogens is 1. The number of fused-ring (bicyclic) bond motifs is 2. The number of likely N-dealkylation sites (tertiary alicyclic amines) is 1. The van der Waals surface area contributed by atoms with Crippen LogP contribution in [-0.2, 0) is 42.7 Å². The zero-order valence-corrected chi connectivity index (χ0v) is 58.6. The van der Waals surface area contributed by atoms with E-state index in [-0.39, 0.29) is 55.7 Å². The highest BCUT2D eigenvalue weighted by Gasteiger charge is 2.46. The Hall–Kier alpha value is -10.5. The fourth-order valence-electron chi connectivity index (χ4n) is 12.6. The van der Waals surface area contributed by atoms with E-state index in [0.29, 0.717) is 81.1 Å². The molecule has 0 radical (unpaired) electrons. The molecule has 0 bridgehead atoms. The van der Waals surface area contributed by atoms with Crippen LogP contribution in [-0.4, -0.2) is 201 Å². The van der Waals surface area contributed by atoms with Crippen molar-refractivity contribution < 1.29 is 38.1 Å². The topological polar surface area (TPSA) is 296 Å². The second-order valence-corrected chi connectivity index (χ2v) is 26.1. The number of H-pyrrole nitrogens is 2. The number of methoxy groups -OCH3 is 2. The van der Waals surface area contributed by atoms with Gasteiger partial charge < -0.3 is 44.7 Å². The fraction of sp³-hybridized carbons (Fsp3) is 0.360. The minimum absolute atomic E-state index is 0. The van der Waals surface area contributed by atoms with Crippen molar-refractivity contribution in [3.05, 3.63) is 158 Å². The highest BCUT2D eigenvalue weighted by molar-refractivity contribution is 6.27. The van der Waals surface area contributed by atoms with Crippen molar-refractivity contribution in [1.29, 1.82) is 0 Å². The fourth-order valence-corrected chi connectivity index (χ4v) is 12.8. The number of carbonyl (C=O) groups is 4. The Kier molecular flexibility index (Phi) is 23.1. The Labute approximate surface area is 597 Å². The number of pyridine rings is 2. The van der Waals surface area contributed by atoms with E-state index in [1.165, 1.54) is 16.7 Å². The maximum atomic E-state index is 13.7. The predicted octanol–water partition coefficient (Wildman–Crippen LogP) is 10.3. The van der Waals surface area contributed by atoms with Gasteiger partial charge in [0.15, 0.2) is 22.9 Å². The molecule has 10 aromatic rings. The summed E-state index contributed by atoms with van der Waals surface area (Å²) in [5.41, 5.74) is 11.1. The first-order valence-corrected chi connectivity index (χ1v) is 34.2. The predicted molar refractivity (Wildman–Crippen MR) is 394 cm³/mol. The SMILES string of the molecule is C.CO[C@@]1(C(=O)Nc2ccc3[nH]nc(-c4ccc(OC(C)C)nc4)c3c2)CCN(CC(=O)N2CC=C(c3ccc(-c4ncn(C)n4)cc3)CC2)C1.CO[C@@]1(C(=O)Nc2ccc3[nH]nc(-c4ccc(OC(C)C)nc4)c3c2)CCNC1.Cn1cnc(-c2ccc(C3=CCN(C(=O)CCl)CC3)cc2)n1. The van der Waals surface area contributed by atoms with Gasteiger partial charge in [-0.15, -0.1) is 11.6 Å². The van der Waals surface area contributed by atoms with Crippen molar-refractivity contribution in [3.63, 3.8) is 0 Å². The number of nitrogens with one attached hydrogen (secondary N) is 5. The summed E-state index contributed by atoms with van der Waals surface area (Å²) in [6, 6.07) is 35.2. The summed E-state index contributed by atoms with van der Waals surface area (Å²) in [6.45, 7) is 12.8. The van der Waals surface area contributed by atoms with Crippen molar-refractivity contribution in [2.45, 2.75) is 84.2 Å². The number of hydrogen-bond acceptors (Lipinski definition) is 18. The van der Waals surface area contributed by atoms with Gasteiger partial charge in [-0.2, -0.15) is 20.4 Å². The van der Waals surface area contributed by atoms with Gasteiger partial charge in [-0.25, -0.2) is 19.9 Å². The number of nitrogens with zero attached hydrogens (tertiary/aromatic N) is 13. The second-order valence-electron chi connectivity index (χ2n) is 25.9. The van der Waals surface area contributed by atoms with Crippen LogP contribution in [0.1, 0.15) is 71.9 Å². The van der Waals surface area contributed by atoms with E-state index in [1.807, 2.05) is 137 Å². The summed E-state index contributed by atoms with van der Waals surface area (Å²) >= 11 is 5.59. The number of aryl methyl sites for hydroxylation is 2. The lowest BCUT2D eigenvalue weighted by Crippen LogP contribution is -2.48. The van der Waals surface area contributed by atoms with Crippen LogP contribution in [0.3, 0.4) is 0 Å². The minimum atomic E-state index is -1.07. The molecule has 532 valence electrons. The lowest BCUT2D eigenvalue weighted by Gasteiger charge is -2.30. The first kappa shape index (κ1) is 72.7. The molecule has 2 atom stereocenters. The van der Waals surface area contributed by atoms with Crippen LogP contribution in [0.15, 0.2) is 146 Å². The van der Waals surface area contributed by atoms with Crippen LogP contribution in [0.2, 0.25) is 0 Å². The van der Waals surface area contributed by atoms with E-state index in [2.05, 4.69) is 103 Å². The lowest BCUT2D eigenvalue weighted by atomic mass is 9.98. The van der Waals surface area contributed by atoms with E-state index >= 15 is 0 Å². The molecule has 0 saturated carbocycles. The van der Waals surface area contributed by atoms with E-state index in [9.17, 15) is 19.2 Å².